The molecule has 0 bridgehead atoms. The lowest BCUT2D eigenvalue weighted by molar-refractivity contribution is -0.388. The summed E-state index contributed by atoms with van der Waals surface area (Å²) in [4.78, 5) is 38.5. The van der Waals surface area contributed by atoms with Crippen molar-refractivity contribution < 1.29 is 32.4 Å². The largest absolute Gasteiger partial charge is 0.423 e. The quantitative estimate of drug-likeness (QED) is 0.142. The highest BCUT2D eigenvalue weighted by Crippen LogP contribution is 2.38. The van der Waals surface area contributed by atoms with Crippen molar-refractivity contribution >= 4 is 51.5 Å². The van der Waals surface area contributed by atoms with Crippen molar-refractivity contribution in [2.75, 3.05) is 23.8 Å². The number of aromatic nitrogens is 1. The fourth-order valence-corrected chi connectivity index (χ4v) is 4.61. The fraction of sp³-hybridized carbons (Fsp3) is 0.346. The first-order chi connectivity index (χ1) is 19.0. The second kappa shape index (κ2) is 12.5. The third-order valence-electron chi connectivity index (χ3n) is 6.38. The van der Waals surface area contributed by atoms with Gasteiger partial charge in [0.2, 0.25) is 0 Å². The van der Waals surface area contributed by atoms with Gasteiger partial charge in [-0.3, -0.25) is 19.7 Å². The van der Waals surface area contributed by atoms with Crippen LogP contribution in [0.2, 0.25) is 5.02 Å². The minimum absolute atomic E-state index is 0.108. The Hall–Kier alpha value is -3.97. The van der Waals surface area contributed by atoms with E-state index in [4.69, 9.17) is 16.3 Å². The van der Waals surface area contributed by atoms with Crippen LogP contribution in [0.5, 0.6) is 0 Å². The highest BCUT2D eigenvalue weighted by Gasteiger charge is 2.38. The van der Waals surface area contributed by atoms with Gasteiger partial charge in [-0.25, -0.2) is 4.98 Å². The molecule has 1 heterocycles. The number of carbonyl (C=O) groups excluding carboxylic acids is 2. The normalized spacial score (nSPS) is 17.3. The van der Waals surface area contributed by atoms with Crippen molar-refractivity contribution in [3.05, 3.63) is 69.2 Å². The Morgan fingerprint density at radius 1 is 1.05 bits per heavy atom. The first-order valence-corrected chi connectivity index (χ1v) is 12.8. The third kappa shape index (κ3) is 7.57. The van der Waals surface area contributed by atoms with Gasteiger partial charge in [0, 0.05) is 34.7 Å². The first kappa shape index (κ1) is 29.0. The van der Waals surface area contributed by atoms with E-state index in [1.165, 1.54) is 6.07 Å². The number of ether oxygens (including phenoxy) is 1. The van der Waals surface area contributed by atoms with Gasteiger partial charge >= 0.3 is 18.0 Å². The number of benzene rings is 2. The summed E-state index contributed by atoms with van der Waals surface area (Å²) in [5.41, 5.74) is -1.52. The van der Waals surface area contributed by atoms with E-state index < -0.39 is 34.2 Å². The molecule has 0 spiro atoms. The van der Waals surface area contributed by atoms with Gasteiger partial charge in [-0.15, -0.1) is 0 Å². The minimum atomic E-state index is -4.84. The van der Waals surface area contributed by atoms with E-state index in [0.717, 1.165) is 17.5 Å². The van der Waals surface area contributed by atoms with E-state index in [1.807, 2.05) is 0 Å². The number of amides is 2. The SMILES string of the molecule is O=C(NCCOC1CCC(Nc2ccc([N+](=O)[O-])c(C(F)(F)F)c2)CC1)C(=O)Nc1ccc2cc(Cl)ccc2n1. The van der Waals surface area contributed by atoms with E-state index in [1.54, 1.807) is 30.3 Å². The van der Waals surface area contributed by atoms with E-state index in [-0.39, 0.29) is 36.8 Å². The Morgan fingerprint density at radius 2 is 1.80 bits per heavy atom. The molecular weight excluding hydrogens is 555 g/mol. The zero-order chi connectivity index (χ0) is 28.9. The van der Waals surface area contributed by atoms with Gasteiger partial charge < -0.3 is 20.7 Å². The number of rotatable bonds is 8. The molecule has 0 aliphatic heterocycles. The molecule has 1 aliphatic rings. The minimum Gasteiger partial charge on any atom is -0.382 e. The number of nitro groups is 1. The number of nitro benzene ring substituents is 1. The molecule has 2 aromatic carbocycles. The van der Waals surface area contributed by atoms with E-state index >= 15 is 0 Å². The number of nitrogens with zero attached hydrogens (tertiary/aromatic N) is 2. The van der Waals surface area contributed by atoms with Crippen LogP contribution < -0.4 is 16.0 Å². The van der Waals surface area contributed by atoms with Crippen LogP contribution in [0.3, 0.4) is 0 Å². The molecule has 40 heavy (non-hydrogen) atoms. The van der Waals surface area contributed by atoms with Crippen LogP contribution in [-0.2, 0) is 20.5 Å². The molecule has 2 amide bonds. The fourth-order valence-electron chi connectivity index (χ4n) is 4.43. The van der Waals surface area contributed by atoms with Crippen molar-refractivity contribution in [1.82, 2.24) is 10.3 Å². The second-order valence-electron chi connectivity index (χ2n) is 9.22. The Bertz CT molecular complexity index is 1410. The Labute approximate surface area is 231 Å². The maximum atomic E-state index is 13.2. The van der Waals surface area contributed by atoms with Crippen LogP contribution in [0.1, 0.15) is 31.2 Å². The van der Waals surface area contributed by atoms with Crippen molar-refractivity contribution in [3.63, 3.8) is 0 Å². The van der Waals surface area contributed by atoms with Gasteiger partial charge in [-0.05, 0) is 68.1 Å². The van der Waals surface area contributed by atoms with Crippen LogP contribution in [0, 0.1) is 10.1 Å². The summed E-state index contributed by atoms with van der Waals surface area (Å²) in [5, 5.41) is 20.2. The van der Waals surface area contributed by atoms with Crippen molar-refractivity contribution in [2.24, 2.45) is 0 Å². The summed E-state index contributed by atoms with van der Waals surface area (Å²) >= 11 is 5.95. The Morgan fingerprint density at radius 3 is 2.50 bits per heavy atom. The number of alkyl halides is 3. The molecular formula is C26H25ClF3N5O5. The number of carbonyl (C=O) groups is 2. The van der Waals surface area contributed by atoms with Gasteiger partial charge in [0.25, 0.3) is 5.69 Å². The predicted molar refractivity (Wildman–Crippen MR) is 142 cm³/mol. The molecule has 1 aliphatic carbocycles. The number of hydrogen-bond acceptors (Lipinski definition) is 7. The highest BCUT2D eigenvalue weighted by atomic mass is 35.5. The molecule has 1 fully saturated rings. The average Bonchev–Trinajstić information content (AvgIpc) is 2.91. The maximum Gasteiger partial charge on any atom is 0.423 e. The number of fused-ring (bicyclic) bond motifs is 1. The van der Waals surface area contributed by atoms with Gasteiger partial charge in [-0.1, -0.05) is 11.6 Å². The molecule has 1 saturated carbocycles. The molecule has 0 saturated heterocycles. The van der Waals surface area contributed by atoms with Crippen LogP contribution in [-0.4, -0.2) is 47.0 Å². The van der Waals surface area contributed by atoms with Crippen LogP contribution in [0.4, 0.5) is 30.4 Å². The predicted octanol–water partition coefficient (Wildman–Crippen LogP) is 5.31. The highest BCUT2D eigenvalue weighted by molar-refractivity contribution is 6.39. The van der Waals surface area contributed by atoms with E-state index in [9.17, 15) is 32.9 Å². The Kier molecular flexibility index (Phi) is 9.05. The number of nitrogens with one attached hydrogen (secondary N) is 3. The summed E-state index contributed by atoms with van der Waals surface area (Å²) in [7, 11) is 0. The van der Waals surface area contributed by atoms with Crippen molar-refractivity contribution in [2.45, 2.75) is 44.0 Å². The lowest BCUT2D eigenvalue weighted by Crippen LogP contribution is -2.38. The standard InChI is InChI=1S/C26H25ClF3N5O5/c27-16-2-8-21-15(13-16)1-10-23(33-21)34-25(37)24(36)31-11-12-40-19-6-3-17(4-7-19)32-18-5-9-22(35(38)39)20(14-18)26(28,29)30/h1-2,5,8-10,13-14,17,19,32H,3-4,6-7,11-12H2,(H,31,36)(H,33,34,37). The van der Waals surface area contributed by atoms with Gasteiger partial charge in [0.15, 0.2) is 0 Å². The van der Waals surface area contributed by atoms with Crippen molar-refractivity contribution in [3.8, 4) is 0 Å². The molecule has 0 atom stereocenters. The number of pyridine rings is 1. The van der Waals surface area contributed by atoms with Crippen molar-refractivity contribution in [1.29, 1.82) is 0 Å². The lowest BCUT2D eigenvalue weighted by atomic mass is 9.92. The topological polar surface area (TPSA) is 135 Å². The molecule has 1 aromatic heterocycles. The van der Waals surface area contributed by atoms with Crippen LogP contribution in [0.25, 0.3) is 10.9 Å². The average molecular weight is 580 g/mol. The summed E-state index contributed by atoms with van der Waals surface area (Å²) in [5.74, 6) is -1.48. The lowest BCUT2D eigenvalue weighted by Gasteiger charge is -2.30. The first-order valence-electron chi connectivity index (χ1n) is 12.4. The number of hydrogen-bond donors (Lipinski definition) is 3. The summed E-state index contributed by atoms with van der Waals surface area (Å²) in [6, 6.07) is 11.2. The molecule has 0 radical (unpaired) electrons. The van der Waals surface area contributed by atoms with Gasteiger partial charge in [0.1, 0.15) is 11.4 Å². The Balaban J connectivity index is 1.17. The maximum absolute atomic E-state index is 13.2. The summed E-state index contributed by atoms with van der Waals surface area (Å²) in [6.07, 6.45) is -2.47. The van der Waals surface area contributed by atoms with Crippen LogP contribution in [0.15, 0.2) is 48.5 Å². The second-order valence-corrected chi connectivity index (χ2v) is 9.66. The van der Waals surface area contributed by atoms with E-state index in [2.05, 4.69) is 20.9 Å². The number of halogens is 4. The molecule has 3 N–H and O–H groups in total. The smallest absolute Gasteiger partial charge is 0.382 e. The molecule has 10 nitrogen and oxygen atoms in total. The molecule has 4 rings (SSSR count). The molecule has 3 aromatic rings. The van der Waals surface area contributed by atoms with E-state index in [0.29, 0.717) is 36.2 Å². The zero-order valence-corrected chi connectivity index (χ0v) is 21.7. The van der Waals surface area contributed by atoms with Crippen LogP contribution >= 0.6 is 11.6 Å². The summed E-state index contributed by atoms with van der Waals surface area (Å²) in [6.45, 7) is 0.283. The molecule has 212 valence electrons. The zero-order valence-electron chi connectivity index (χ0n) is 21.0. The monoisotopic (exact) mass is 579 g/mol. The van der Waals surface area contributed by atoms with Gasteiger partial charge in [0.05, 0.1) is 23.2 Å². The third-order valence-corrected chi connectivity index (χ3v) is 6.62. The molecule has 14 heteroatoms. The van der Waals surface area contributed by atoms with Gasteiger partial charge in [-0.2, -0.15) is 13.2 Å². The number of anilines is 2. The molecule has 0 unspecified atom stereocenters. The summed E-state index contributed by atoms with van der Waals surface area (Å²) < 4.78 is 45.4.